The zero-order chi connectivity index (χ0) is 19.2. The first kappa shape index (κ1) is 19.1. The third-order valence-electron chi connectivity index (χ3n) is 4.80. The third kappa shape index (κ3) is 5.64. The molecule has 1 aliphatic carbocycles. The molecule has 1 fully saturated rings. The number of hydrogen-bond acceptors (Lipinski definition) is 5. The van der Waals surface area contributed by atoms with Gasteiger partial charge in [0.15, 0.2) is 0 Å². The van der Waals surface area contributed by atoms with E-state index in [2.05, 4.69) is 20.6 Å². The lowest BCUT2D eigenvalue weighted by molar-refractivity contribution is -0.121. The minimum Gasteiger partial charge on any atom is -0.363 e. The molecule has 0 radical (unpaired) electrons. The number of nitrogens with one attached hydrogen (secondary N) is 2. The van der Waals surface area contributed by atoms with Crippen molar-refractivity contribution in [1.82, 2.24) is 15.3 Å². The maximum absolute atomic E-state index is 12.9. The fraction of sp³-hybridized carbons (Fsp3) is 0.450. The molecule has 6 nitrogen and oxygen atoms in total. The van der Waals surface area contributed by atoms with Crippen LogP contribution in [0.2, 0.25) is 0 Å². The normalized spacial score (nSPS) is 19.4. The lowest BCUT2D eigenvalue weighted by atomic mass is 9.91. The summed E-state index contributed by atoms with van der Waals surface area (Å²) in [6.45, 7) is 0. The van der Waals surface area contributed by atoms with E-state index in [1.807, 2.05) is 25.1 Å². The fourth-order valence-electron chi connectivity index (χ4n) is 3.30. The second-order valence-corrected chi connectivity index (χ2v) is 7.20. The summed E-state index contributed by atoms with van der Waals surface area (Å²) in [6.07, 6.45) is 5.78. The summed E-state index contributed by atoms with van der Waals surface area (Å²) in [4.78, 5) is 22.9. The minimum atomic E-state index is -0.287. The van der Waals surface area contributed by atoms with E-state index in [0.717, 1.165) is 37.1 Å². The second-order valence-electron chi connectivity index (χ2n) is 7.20. The van der Waals surface area contributed by atoms with Crippen LogP contribution < -0.4 is 15.5 Å². The first-order chi connectivity index (χ1) is 13.0. The number of benzene rings is 1. The Balaban J connectivity index is 1.44. The Labute approximate surface area is 159 Å². The predicted molar refractivity (Wildman–Crippen MR) is 104 cm³/mol. The maximum Gasteiger partial charge on any atom is 0.224 e. The summed E-state index contributed by atoms with van der Waals surface area (Å²) in [7, 11) is 3.90. The molecular formula is C20H26FN5O. The first-order valence-corrected chi connectivity index (χ1v) is 9.30. The van der Waals surface area contributed by atoms with E-state index < -0.39 is 0 Å². The molecule has 2 N–H and O–H groups in total. The molecule has 2 aromatic rings. The van der Waals surface area contributed by atoms with Crippen molar-refractivity contribution in [1.29, 1.82) is 0 Å². The number of rotatable bonds is 6. The highest BCUT2D eigenvalue weighted by atomic mass is 19.1. The molecule has 144 valence electrons. The zero-order valence-corrected chi connectivity index (χ0v) is 15.8. The summed E-state index contributed by atoms with van der Waals surface area (Å²) in [5.74, 6) is 1.21. The van der Waals surface area contributed by atoms with Crippen LogP contribution in [-0.2, 0) is 11.2 Å². The minimum absolute atomic E-state index is 0.0139. The van der Waals surface area contributed by atoms with Gasteiger partial charge in [0, 0.05) is 32.4 Å². The fourth-order valence-corrected chi connectivity index (χ4v) is 3.30. The van der Waals surface area contributed by atoms with Crippen LogP contribution >= 0.6 is 0 Å². The summed E-state index contributed by atoms with van der Waals surface area (Å²) < 4.78 is 12.9. The Kier molecular flexibility index (Phi) is 6.21. The molecule has 0 atom stereocenters. The number of anilines is 2. The zero-order valence-electron chi connectivity index (χ0n) is 15.8. The van der Waals surface area contributed by atoms with E-state index in [-0.39, 0.29) is 24.2 Å². The van der Waals surface area contributed by atoms with Crippen molar-refractivity contribution in [3.8, 4) is 0 Å². The van der Waals surface area contributed by atoms with Crippen LogP contribution in [0.5, 0.6) is 0 Å². The molecule has 0 aliphatic heterocycles. The summed E-state index contributed by atoms with van der Waals surface area (Å²) in [6, 6.07) is 8.44. The Morgan fingerprint density at radius 2 is 1.78 bits per heavy atom. The highest BCUT2D eigenvalue weighted by Gasteiger charge is 2.23. The summed E-state index contributed by atoms with van der Waals surface area (Å²) >= 11 is 0. The van der Waals surface area contributed by atoms with Crippen molar-refractivity contribution in [3.63, 3.8) is 0 Å². The molecule has 27 heavy (non-hydrogen) atoms. The first-order valence-electron chi connectivity index (χ1n) is 9.30. The van der Waals surface area contributed by atoms with Crippen molar-refractivity contribution in [2.24, 2.45) is 0 Å². The molecular weight excluding hydrogens is 345 g/mol. The van der Waals surface area contributed by atoms with E-state index in [1.165, 1.54) is 12.1 Å². The van der Waals surface area contributed by atoms with Crippen LogP contribution in [0.1, 0.15) is 31.2 Å². The highest BCUT2D eigenvalue weighted by Crippen LogP contribution is 2.22. The maximum atomic E-state index is 12.9. The van der Waals surface area contributed by atoms with Gasteiger partial charge in [0.2, 0.25) is 11.9 Å². The third-order valence-corrected chi connectivity index (χ3v) is 4.80. The van der Waals surface area contributed by atoms with Crippen molar-refractivity contribution in [2.75, 3.05) is 24.3 Å². The molecule has 0 bridgehead atoms. The molecule has 1 aromatic heterocycles. The van der Waals surface area contributed by atoms with Gasteiger partial charge < -0.3 is 15.5 Å². The Morgan fingerprint density at radius 3 is 2.44 bits per heavy atom. The molecule has 1 heterocycles. The number of hydrogen-bond donors (Lipinski definition) is 2. The van der Waals surface area contributed by atoms with Crippen molar-refractivity contribution in [3.05, 3.63) is 47.9 Å². The number of aromatic nitrogens is 2. The molecule has 0 saturated heterocycles. The Morgan fingerprint density at radius 1 is 1.11 bits per heavy atom. The van der Waals surface area contributed by atoms with Gasteiger partial charge in [0.25, 0.3) is 0 Å². The number of carbonyl (C=O) groups is 1. The topological polar surface area (TPSA) is 70.2 Å². The van der Waals surface area contributed by atoms with Crippen LogP contribution in [-0.4, -0.2) is 42.1 Å². The van der Waals surface area contributed by atoms with Gasteiger partial charge in [-0.15, -0.1) is 0 Å². The van der Waals surface area contributed by atoms with Gasteiger partial charge >= 0.3 is 0 Å². The molecule has 1 saturated carbocycles. The van der Waals surface area contributed by atoms with Gasteiger partial charge in [-0.3, -0.25) is 4.79 Å². The van der Waals surface area contributed by atoms with Crippen LogP contribution in [0.3, 0.4) is 0 Å². The number of carbonyl (C=O) groups excluding carboxylic acids is 1. The molecule has 1 aliphatic rings. The number of amides is 1. The molecule has 3 rings (SSSR count). The van der Waals surface area contributed by atoms with Gasteiger partial charge in [0.05, 0.1) is 6.42 Å². The predicted octanol–water partition coefficient (Wildman–Crippen LogP) is 2.76. The van der Waals surface area contributed by atoms with Gasteiger partial charge in [-0.2, -0.15) is 4.98 Å². The molecule has 7 heteroatoms. The second kappa shape index (κ2) is 8.79. The molecule has 0 unspecified atom stereocenters. The molecule has 0 spiro atoms. The SMILES string of the molecule is CN(C)c1ccnc(N[C@H]2CC[C@@H](NC(=O)Cc3ccc(F)cc3)CC2)n1. The summed E-state index contributed by atoms with van der Waals surface area (Å²) in [5.41, 5.74) is 0.821. The van der Waals surface area contributed by atoms with Crippen molar-refractivity contribution < 1.29 is 9.18 Å². The Bertz CT molecular complexity index is 757. The number of halogens is 1. The highest BCUT2D eigenvalue weighted by molar-refractivity contribution is 5.78. The summed E-state index contributed by atoms with van der Waals surface area (Å²) in [5, 5.41) is 6.49. The van der Waals surface area contributed by atoms with E-state index >= 15 is 0 Å². The van der Waals surface area contributed by atoms with E-state index in [1.54, 1.807) is 18.3 Å². The van der Waals surface area contributed by atoms with Crippen molar-refractivity contribution in [2.45, 2.75) is 44.2 Å². The molecule has 1 aromatic carbocycles. The molecule has 1 amide bonds. The largest absolute Gasteiger partial charge is 0.363 e. The van der Waals surface area contributed by atoms with Crippen LogP contribution in [0.15, 0.2) is 36.5 Å². The van der Waals surface area contributed by atoms with E-state index in [0.29, 0.717) is 12.0 Å². The quantitative estimate of drug-likeness (QED) is 0.817. The van der Waals surface area contributed by atoms with Gasteiger partial charge in [0.1, 0.15) is 11.6 Å². The van der Waals surface area contributed by atoms with Crippen LogP contribution in [0.4, 0.5) is 16.2 Å². The standard InChI is InChI=1S/C20H26FN5O/c1-26(2)18-11-12-22-20(25-18)24-17-9-7-16(8-10-17)23-19(27)13-14-3-5-15(21)6-4-14/h3-6,11-12,16-17H,7-10,13H2,1-2H3,(H,23,27)(H,22,24,25)/t16-,17+. The van der Waals surface area contributed by atoms with Crippen LogP contribution in [0, 0.1) is 5.82 Å². The monoisotopic (exact) mass is 371 g/mol. The van der Waals surface area contributed by atoms with Crippen molar-refractivity contribution >= 4 is 17.7 Å². The average molecular weight is 371 g/mol. The van der Waals surface area contributed by atoms with Crippen LogP contribution in [0.25, 0.3) is 0 Å². The van der Waals surface area contributed by atoms with Gasteiger partial charge in [-0.1, -0.05) is 12.1 Å². The number of nitrogens with zero attached hydrogens (tertiary/aromatic N) is 3. The smallest absolute Gasteiger partial charge is 0.224 e. The lowest BCUT2D eigenvalue weighted by Gasteiger charge is -2.29. The Hall–Kier alpha value is -2.70. The average Bonchev–Trinajstić information content (AvgIpc) is 2.65. The van der Waals surface area contributed by atoms with E-state index in [9.17, 15) is 9.18 Å². The lowest BCUT2D eigenvalue weighted by Crippen LogP contribution is -2.40. The van der Waals surface area contributed by atoms with Gasteiger partial charge in [-0.05, 0) is 49.4 Å². The van der Waals surface area contributed by atoms with Gasteiger partial charge in [-0.25, -0.2) is 9.37 Å². The van der Waals surface area contributed by atoms with E-state index in [4.69, 9.17) is 0 Å².